The molecule has 2 aromatic heterocycles. The molecule has 3 fully saturated rings. The number of likely N-dealkylation sites (tertiary alicyclic amines) is 2. The molecule has 2 amide bonds. The molecule has 14 nitrogen and oxygen atoms in total. The van der Waals surface area contributed by atoms with Gasteiger partial charge in [-0.15, -0.1) is 0 Å². The Morgan fingerprint density at radius 2 is 1.81 bits per heavy atom. The summed E-state index contributed by atoms with van der Waals surface area (Å²) in [5, 5.41) is 2.69. The average Bonchev–Trinajstić information content (AvgIpc) is 3.10. The molecule has 2 aromatic rings. The lowest BCUT2D eigenvalue weighted by Gasteiger charge is -2.33. The number of amides is 2. The number of nitrogen functional groups attached to an aromatic ring is 1. The topological polar surface area (TPSA) is 159 Å². The van der Waals surface area contributed by atoms with Crippen LogP contribution in [0.25, 0.3) is 11.4 Å². The highest BCUT2D eigenvalue weighted by Crippen LogP contribution is 2.30. The second kappa shape index (κ2) is 17.2. The molecule has 16 heteroatoms. The van der Waals surface area contributed by atoms with E-state index in [9.17, 15) is 18.4 Å². The fourth-order valence-electron chi connectivity index (χ4n) is 6.17. The number of morpholine rings is 1. The fourth-order valence-corrected chi connectivity index (χ4v) is 6.17. The van der Waals surface area contributed by atoms with Gasteiger partial charge in [-0.1, -0.05) is 12.5 Å². The van der Waals surface area contributed by atoms with Gasteiger partial charge in [0.05, 0.1) is 18.8 Å². The fraction of sp³-hybridized carbons (Fsp3) is 0.645. The maximum absolute atomic E-state index is 14.0. The van der Waals surface area contributed by atoms with Crippen molar-refractivity contribution in [2.75, 3.05) is 94.2 Å². The van der Waals surface area contributed by atoms with Crippen molar-refractivity contribution in [1.29, 1.82) is 0 Å². The summed E-state index contributed by atoms with van der Waals surface area (Å²) in [5.74, 6) is 0.806. The SMILES string of the molecule is Nc1ncc(-c2nc(N3CCOCC3)nc(N(CCNC=O)CCC3CCN(C(=O)/C=C/CN4CCCCC4)CC3)n2)c(C(F)F)n1. The third-order valence-electron chi connectivity index (χ3n) is 8.89. The number of anilines is 3. The van der Waals surface area contributed by atoms with E-state index in [2.05, 4.69) is 30.2 Å². The second-order valence-corrected chi connectivity index (χ2v) is 12.1. The van der Waals surface area contributed by atoms with Crippen LogP contribution in [-0.2, 0) is 14.3 Å². The molecule has 0 bridgehead atoms. The van der Waals surface area contributed by atoms with Gasteiger partial charge in [0.15, 0.2) is 5.82 Å². The summed E-state index contributed by atoms with van der Waals surface area (Å²) in [6.07, 6.45) is 8.89. The zero-order chi connectivity index (χ0) is 33.0. The Hall–Kier alpha value is -4.05. The van der Waals surface area contributed by atoms with E-state index in [0.29, 0.717) is 83.3 Å². The third kappa shape index (κ3) is 9.73. The van der Waals surface area contributed by atoms with Gasteiger partial charge >= 0.3 is 0 Å². The monoisotopic (exact) mass is 657 g/mol. The minimum absolute atomic E-state index is 0.0142. The van der Waals surface area contributed by atoms with Gasteiger partial charge in [0.1, 0.15) is 5.69 Å². The molecule has 0 saturated carbocycles. The number of piperidine rings is 2. The number of nitrogens with one attached hydrogen (secondary N) is 1. The Kier molecular flexibility index (Phi) is 12.5. The molecule has 5 rings (SSSR count). The van der Waals surface area contributed by atoms with Gasteiger partial charge in [0, 0.05) is 64.6 Å². The van der Waals surface area contributed by atoms with E-state index < -0.39 is 12.1 Å². The maximum atomic E-state index is 14.0. The molecule has 0 aliphatic carbocycles. The highest BCUT2D eigenvalue weighted by molar-refractivity contribution is 5.87. The van der Waals surface area contributed by atoms with Crippen LogP contribution in [-0.4, -0.2) is 126 Å². The number of carbonyl (C=O) groups excluding carboxylic acids is 2. The van der Waals surface area contributed by atoms with Crippen LogP contribution in [0.2, 0.25) is 0 Å². The molecular weight excluding hydrogens is 612 g/mol. The summed E-state index contributed by atoms with van der Waals surface area (Å²) >= 11 is 0. The van der Waals surface area contributed by atoms with Gasteiger partial charge in [-0.25, -0.2) is 18.7 Å². The van der Waals surface area contributed by atoms with Crippen LogP contribution >= 0.6 is 0 Å². The predicted octanol–water partition coefficient (Wildman–Crippen LogP) is 1.91. The lowest BCUT2D eigenvalue weighted by Crippen LogP contribution is -2.40. The van der Waals surface area contributed by atoms with E-state index in [-0.39, 0.29) is 23.2 Å². The number of hydrogen-bond acceptors (Lipinski definition) is 12. The molecule has 47 heavy (non-hydrogen) atoms. The Bertz CT molecular complexity index is 1350. The minimum Gasteiger partial charge on any atom is -0.378 e. The Balaban J connectivity index is 1.28. The number of rotatable bonds is 14. The summed E-state index contributed by atoms with van der Waals surface area (Å²) < 4.78 is 33.5. The number of hydrogen-bond donors (Lipinski definition) is 2. The number of alkyl halides is 2. The van der Waals surface area contributed by atoms with Gasteiger partial charge in [0.25, 0.3) is 6.43 Å². The van der Waals surface area contributed by atoms with E-state index in [1.807, 2.05) is 20.8 Å². The van der Waals surface area contributed by atoms with Crippen molar-refractivity contribution in [2.45, 2.75) is 45.0 Å². The smallest absolute Gasteiger partial charge is 0.281 e. The molecule has 256 valence electrons. The van der Waals surface area contributed by atoms with Crippen LogP contribution in [0.4, 0.5) is 26.6 Å². The van der Waals surface area contributed by atoms with Crippen molar-refractivity contribution in [1.82, 2.24) is 40.0 Å². The van der Waals surface area contributed by atoms with Crippen LogP contribution in [0.1, 0.15) is 50.6 Å². The van der Waals surface area contributed by atoms with E-state index in [1.54, 1.807) is 6.08 Å². The van der Waals surface area contributed by atoms with Crippen molar-refractivity contribution in [3.05, 3.63) is 24.0 Å². The number of aromatic nitrogens is 5. The average molecular weight is 658 g/mol. The third-order valence-corrected chi connectivity index (χ3v) is 8.89. The Labute approximate surface area is 273 Å². The van der Waals surface area contributed by atoms with Gasteiger partial charge in [0.2, 0.25) is 30.2 Å². The first kappa shape index (κ1) is 34.3. The van der Waals surface area contributed by atoms with E-state index in [4.69, 9.17) is 15.5 Å². The van der Waals surface area contributed by atoms with Crippen LogP contribution in [0.15, 0.2) is 18.3 Å². The van der Waals surface area contributed by atoms with Crippen molar-refractivity contribution in [3.8, 4) is 11.4 Å². The summed E-state index contributed by atoms with van der Waals surface area (Å²) in [7, 11) is 0. The Morgan fingerprint density at radius 1 is 1.04 bits per heavy atom. The first-order valence-corrected chi connectivity index (χ1v) is 16.5. The molecule has 0 radical (unpaired) electrons. The predicted molar refractivity (Wildman–Crippen MR) is 173 cm³/mol. The van der Waals surface area contributed by atoms with E-state index in [1.165, 1.54) is 25.5 Å². The molecule has 5 heterocycles. The summed E-state index contributed by atoms with van der Waals surface area (Å²) in [6, 6.07) is 0. The van der Waals surface area contributed by atoms with Crippen molar-refractivity contribution in [3.63, 3.8) is 0 Å². The van der Waals surface area contributed by atoms with Crippen LogP contribution in [0.5, 0.6) is 0 Å². The van der Waals surface area contributed by atoms with E-state index in [0.717, 1.165) is 38.9 Å². The first-order valence-electron chi connectivity index (χ1n) is 16.5. The number of nitrogens with two attached hydrogens (primary N) is 1. The summed E-state index contributed by atoms with van der Waals surface area (Å²) in [5.41, 5.74) is 5.04. The number of halogens is 2. The molecule has 0 atom stereocenters. The molecule has 3 N–H and O–H groups in total. The lowest BCUT2D eigenvalue weighted by molar-refractivity contribution is -0.127. The van der Waals surface area contributed by atoms with E-state index >= 15 is 0 Å². The summed E-state index contributed by atoms with van der Waals surface area (Å²) in [4.78, 5) is 53.7. The maximum Gasteiger partial charge on any atom is 0.281 e. The van der Waals surface area contributed by atoms with Crippen molar-refractivity contribution in [2.24, 2.45) is 5.92 Å². The largest absolute Gasteiger partial charge is 0.378 e. The van der Waals surface area contributed by atoms with Crippen molar-refractivity contribution < 1.29 is 23.1 Å². The normalized spacial score (nSPS) is 18.2. The summed E-state index contributed by atoms with van der Waals surface area (Å²) in [6.45, 7) is 7.68. The second-order valence-electron chi connectivity index (χ2n) is 12.1. The molecule has 3 aliphatic rings. The van der Waals surface area contributed by atoms with Crippen LogP contribution in [0, 0.1) is 5.92 Å². The molecule has 0 spiro atoms. The number of nitrogens with zero attached hydrogens (tertiary/aromatic N) is 9. The molecular formula is C31H45F2N11O3. The molecule has 3 saturated heterocycles. The molecule has 3 aliphatic heterocycles. The quantitative estimate of drug-likeness (QED) is 0.173. The highest BCUT2D eigenvalue weighted by atomic mass is 19.3. The van der Waals surface area contributed by atoms with Crippen molar-refractivity contribution >= 4 is 30.2 Å². The van der Waals surface area contributed by atoms with Gasteiger partial charge in [-0.2, -0.15) is 15.0 Å². The Morgan fingerprint density at radius 3 is 2.53 bits per heavy atom. The first-order chi connectivity index (χ1) is 22.9. The minimum atomic E-state index is -2.92. The molecule has 0 unspecified atom stereocenters. The molecule has 0 aromatic carbocycles. The van der Waals surface area contributed by atoms with Gasteiger partial charge in [-0.3, -0.25) is 14.5 Å². The number of ether oxygens (including phenoxy) is 1. The van der Waals surface area contributed by atoms with Crippen LogP contribution in [0.3, 0.4) is 0 Å². The zero-order valence-electron chi connectivity index (χ0n) is 26.8. The highest BCUT2D eigenvalue weighted by Gasteiger charge is 2.26. The number of carbonyl (C=O) groups is 2. The lowest BCUT2D eigenvalue weighted by atomic mass is 9.93. The van der Waals surface area contributed by atoms with Gasteiger partial charge < -0.3 is 30.5 Å². The zero-order valence-corrected chi connectivity index (χ0v) is 26.8. The standard InChI is InChI=1S/C31H45F2N11O3/c32-27(33)26-24(21-36-29(34)37-26)28-38-30(40-31(39-28)44-17-19-47-20-18-44)43(16-9-35-22-45)15-8-23-6-13-42(14-7-23)25(46)5-4-12-41-10-2-1-3-11-41/h4-5,21-23,27H,1-3,6-20H2,(H,35,45)(H2,34,36,37)/b5-4+. The van der Waals surface area contributed by atoms with Crippen LogP contribution < -0.4 is 20.9 Å². The van der Waals surface area contributed by atoms with Gasteiger partial charge in [-0.05, 0) is 51.1 Å².